The zero-order valence-electron chi connectivity index (χ0n) is 11.9. The number of nitrogens with zero attached hydrogens (tertiary/aromatic N) is 1. The van der Waals surface area contributed by atoms with Gasteiger partial charge in [0, 0.05) is 11.6 Å². The van der Waals surface area contributed by atoms with Crippen molar-refractivity contribution in [1.29, 1.82) is 0 Å². The van der Waals surface area contributed by atoms with E-state index in [9.17, 15) is 4.79 Å². The van der Waals surface area contributed by atoms with Crippen molar-refractivity contribution >= 4 is 0 Å². The molecule has 0 radical (unpaired) electrons. The van der Waals surface area contributed by atoms with Crippen LogP contribution < -0.4 is 15.0 Å². The Kier molecular flexibility index (Phi) is 4.40. The third kappa shape index (κ3) is 3.17. The summed E-state index contributed by atoms with van der Waals surface area (Å²) in [5.74, 6) is 1.94. The summed E-state index contributed by atoms with van der Waals surface area (Å²) < 4.78 is 11.1. The number of aromatic amines is 1. The molecule has 0 saturated heterocycles. The van der Waals surface area contributed by atoms with E-state index in [1.165, 1.54) is 6.07 Å². The van der Waals surface area contributed by atoms with Crippen molar-refractivity contribution < 1.29 is 9.47 Å². The third-order valence-corrected chi connectivity index (χ3v) is 2.70. The standard InChI is InChI=1S/C15H18N2O3/c1-4-19-13-7-6-11(8-14(13)20-5-2)12-9-15(18)17-10(3)16-12/h6-9H,4-5H2,1-3H3,(H,16,17,18). The van der Waals surface area contributed by atoms with Crippen LogP contribution in [0.15, 0.2) is 29.1 Å². The molecule has 1 aromatic heterocycles. The van der Waals surface area contributed by atoms with Crippen molar-refractivity contribution in [3.63, 3.8) is 0 Å². The number of aromatic nitrogens is 2. The molecule has 0 fully saturated rings. The van der Waals surface area contributed by atoms with Crippen molar-refractivity contribution in [2.45, 2.75) is 20.8 Å². The second-order valence-corrected chi connectivity index (χ2v) is 4.24. The van der Waals surface area contributed by atoms with Crippen LogP contribution in [-0.2, 0) is 0 Å². The first kappa shape index (κ1) is 14.1. The minimum Gasteiger partial charge on any atom is -0.490 e. The van der Waals surface area contributed by atoms with Crippen LogP contribution in [0, 0.1) is 6.92 Å². The van der Waals surface area contributed by atoms with Crippen molar-refractivity contribution in [2.24, 2.45) is 0 Å². The van der Waals surface area contributed by atoms with Crippen LogP contribution in [0.4, 0.5) is 0 Å². The number of nitrogens with one attached hydrogen (secondary N) is 1. The molecule has 2 rings (SSSR count). The van der Waals surface area contributed by atoms with E-state index in [0.717, 1.165) is 5.56 Å². The van der Waals surface area contributed by atoms with E-state index < -0.39 is 0 Å². The molecule has 0 aliphatic rings. The predicted octanol–water partition coefficient (Wildman–Crippen LogP) is 2.54. The highest BCUT2D eigenvalue weighted by atomic mass is 16.5. The first-order chi connectivity index (χ1) is 9.63. The van der Waals surface area contributed by atoms with Crippen LogP contribution in [0.5, 0.6) is 11.5 Å². The van der Waals surface area contributed by atoms with E-state index in [1.807, 2.05) is 32.0 Å². The maximum absolute atomic E-state index is 11.5. The molecule has 0 spiro atoms. The van der Waals surface area contributed by atoms with E-state index in [2.05, 4.69) is 9.97 Å². The topological polar surface area (TPSA) is 64.2 Å². The lowest BCUT2D eigenvalue weighted by Crippen LogP contribution is -2.08. The van der Waals surface area contributed by atoms with Gasteiger partial charge in [-0.05, 0) is 39.0 Å². The summed E-state index contributed by atoms with van der Waals surface area (Å²) in [5, 5.41) is 0. The van der Waals surface area contributed by atoms with E-state index in [-0.39, 0.29) is 5.56 Å². The fraction of sp³-hybridized carbons (Fsp3) is 0.333. The molecule has 1 aromatic carbocycles. The molecule has 1 N–H and O–H groups in total. The fourth-order valence-corrected chi connectivity index (χ4v) is 1.94. The summed E-state index contributed by atoms with van der Waals surface area (Å²) in [6.07, 6.45) is 0. The number of H-pyrrole nitrogens is 1. The number of aryl methyl sites for hydroxylation is 1. The lowest BCUT2D eigenvalue weighted by molar-refractivity contribution is 0.288. The molecule has 5 heteroatoms. The Hall–Kier alpha value is -2.30. The molecule has 0 bridgehead atoms. The molecular weight excluding hydrogens is 256 g/mol. The first-order valence-corrected chi connectivity index (χ1v) is 6.62. The SMILES string of the molecule is CCOc1ccc(-c2cc(=O)[nH]c(C)n2)cc1OCC. The van der Waals surface area contributed by atoms with E-state index in [0.29, 0.717) is 36.2 Å². The molecule has 1 heterocycles. The predicted molar refractivity (Wildman–Crippen MR) is 77.4 cm³/mol. The van der Waals surface area contributed by atoms with Crippen molar-refractivity contribution in [1.82, 2.24) is 9.97 Å². The summed E-state index contributed by atoms with van der Waals surface area (Å²) in [6, 6.07) is 7.02. The molecule has 0 aliphatic heterocycles. The maximum Gasteiger partial charge on any atom is 0.251 e. The Morgan fingerprint density at radius 1 is 1.10 bits per heavy atom. The Morgan fingerprint density at radius 2 is 1.80 bits per heavy atom. The zero-order chi connectivity index (χ0) is 14.5. The minimum atomic E-state index is -0.167. The van der Waals surface area contributed by atoms with Gasteiger partial charge in [-0.25, -0.2) is 4.98 Å². The molecule has 20 heavy (non-hydrogen) atoms. The first-order valence-electron chi connectivity index (χ1n) is 6.62. The van der Waals surface area contributed by atoms with Gasteiger partial charge in [0.15, 0.2) is 11.5 Å². The Morgan fingerprint density at radius 3 is 2.45 bits per heavy atom. The fourth-order valence-electron chi connectivity index (χ4n) is 1.94. The number of hydrogen-bond donors (Lipinski definition) is 1. The van der Waals surface area contributed by atoms with Gasteiger partial charge in [0.25, 0.3) is 5.56 Å². The zero-order valence-corrected chi connectivity index (χ0v) is 11.9. The molecular formula is C15H18N2O3. The van der Waals surface area contributed by atoms with Gasteiger partial charge < -0.3 is 14.5 Å². The van der Waals surface area contributed by atoms with Gasteiger partial charge in [0.05, 0.1) is 18.9 Å². The van der Waals surface area contributed by atoms with Crippen LogP contribution in [0.1, 0.15) is 19.7 Å². The summed E-state index contributed by atoms with van der Waals surface area (Å²) in [7, 11) is 0. The molecule has 0 aliphatic carbocycles. The average Bonchev–Trinajstić information content (AvgIpc) is 2.40. The van der Waals surface area contributed by atoms with Gasteiger partial charge in [-0.3, -0.25) is 4.79 Å². The van der Waals surface area contributed by atoms with Crippen LogP contribution in [0.25, 0.3) is 11.3 Å². The summed E-state index contributed by atoms with van der Waals surface area (Å²) in [5.41, 5.74) is 1.28. The van der Waals surface area contributed by atoms with Crippen molar-refractivity contribution in [3.05, 3.63) is 40.4 Å². The van der Waals surface area contributed by atoms with Crippen LogP contribution in [0.3, 0.4) is 0 Å². The smallest absolute Gasteiger partial charge is 0.251 e. The number of rotatable bonds is 5. The lowest BCUT2D eigenvalue weighted by Gasteiger charge is -2.12. The highest BCUT2D eigenvalue weighted by Crippen LogP contribution is 2.31. The Bertz CT molecular complexity index is 650. The van der Waals surface area contributed by atoms with Gasteiger partial charge in [-0.15, -0.1) is 0 Å². The average molecular weight is 274 g/mol. The summed E-state index contributed by atoms with van der Waals surface area (Å²) in [4.78, 5) is 18.5. The van der Waals surface area contributed by atoms with E-state index in [1.54, 1.807) is 6.92 Å². The van der Waals surface area contributed by atoms with Gasteiger partial charge >= 0.3 is 0 Å². The monoisotopic (exact) mass is 274 g/mol. The maximum atomic E-state index is 11.5. The molecule has 0 amide bonds. The second kappa shape index (κ2) is 6.23. The molecule has 5 nitrogen and oxygen atoms in total. The largest absolute Gasteiger partial charge is 0.490 e. The lowest BCUT2D eigenvalue weighted by atomic mass is 10.1. The van der Waals surface area contributed by atoms with Crippen LogP contribution in [-0.4, -0.2) is 23.2 Å². The highest BCUT2D eigenvalue weighted by Gasteiger charge is 2.09. The molecule has 2 aromatic rings. The van der Waals surface area contributed by atoms with E-state index >= 15 is 0 Å². The van der Waals surface area contributed by atoms with Gasteiger partial charge in [0.2, 0.25) is 0 Å². The highest BCUT2D eigenvalue weighted by molar-refractivity contribution is 5.63. The summed E-state index contributed by atoms with van der Waals surface area (Å²) in [6.45, 7) is 6.71. The number of ether oxygens (including phenoxy) is 2. The Balaban J connectivity index is 2.46. The number of benzene rings is 1. The third-order valence-electron chi connectivity index (χ3n) is 2.70. The molecule has 0 saturated carbocycles. The van der Waals surface area contributed by atoms with Gasteiger partial charge in [-0.2, -0.15) is 0 Å². The van der Waals surface area contributed by atoms with Crippen molar-refractivity contribution in [2.75, 3.05) is 13.2 Å². The normalized spacial score (nSPS) is 10.3. The second-order valence-electron chi connectivity index (χ2n) is 4.24. The number of hydrogen-bond acceptors (Lipinski definition) is 4. The van der Waals surface area contributed by atoms with Gasteiger partial charge in [-0.1, -0.05) is 0 Å². The van der Waals surface area contributed by atoms with E-state index in [4.69, 9.17) is 9.47 Å². The molecule has 0 atom stereocenters. The van der Waals surface area contributed by atoms with Crippen LogP contribution in [0.2, 0.25) is 0 Å². The van der Waals surface area contributed by atoms with Crippen molar-refractivity contribution in [3.8, 4) is 22.8 Å². The molecule has 106 valence electrons. The minimum absolute atomic E-state index is 0.167. The Labute approximate surface area is 117 Å². The molecule has 0 unspecified atom stereocenters. The van der Waals surface area contributed by atoms with Gasteiger partial charge in [0.1, 0.15) is 5.82 Å². The van der Waals surface area contributed by atoms with Crippen LogP contribution >= 0.6 is 0 Å². The summed E-state index contributed by atoms with van der Waals surface area (Å²) >= 11 is 0. The quantitative estimate of drug-likeness (QED) is 0.910.